The van der Waals surface area contributed by atoms with Gasteiger partial charge in [-0.25, -0.2) is 4.98 Å². The van der Waals surface area contributed by atoms with E-state index >= 15 is 0 Å². The van der Waals surface area contributed by atoms with Gasteiger partial charge in [-0.15, -0.1) is 11.3 Å². The van der Waals surface area contributed by atoms with Crippen molar-refractivity contribution in [3.8, 4) is 11.3 Å². The second-order valence-corrected chi connectivity index (χ2v) is 4.22. The van der Waals surface area contributed by atoms with E-state index in [0.717, 1.165) is 11.3 Å². The summed E-state index contributed by atoms with van der Waals surface area (Å²) in [6.07, 6.45) is 3.46. The van der Waals surface area contributed by atoms with Crippen molar-refractivity contribution in [2.24, 2.45) is 0 Å². The summed E-state index contributed by atoms with van der Waals surface area (Å²) in [6, 6.07) is 3.79. The highest BCUT2D eigenvalue weighted by atomic mass is 32.1. The Morgan fingerprint density at radius 2 is 2.41 bits per heavy atom. The monoisotopic (exact) mass is 248 g/mol. The number of hydrogen-bond donors (Lipinski definition) is 2. The molecule has 0 aliphatic rings. The molecule has 88 valence electrons. The maximum absolute atomic E-state index is 11.3. The molecule has 5 nitrogen and oxygen atoms in total. The summed E-state index contributed by atoms with van der Waals surface area (Å²) in [5.74, 6) is -0.0976. The smallest absolute Gasteiger partial charge is 0.240 e. The number of anilines is 1. The molecule has 0 atom stereocenters. The molecule has 0 saturated carbocycles. The van der Waals surface area contributed by atoms with Crippen LogP contribution in [-0.4, -0.2) is 29.5 Å². The number of thiazole rings is 1. The molecule has 2 aromatic rings. The van der Waals surface area contributed by atoms with Crippen molar-refractivity contribution in [1.29, 1.82) is 0 Å². The molecule has 2 aromatic heterocycles. The SMILES string of the molecule is CNCC(=O)Nc1nc(-c2cccnc2)cs1. The minimum absolute atomic E-state index is 0.0976. The first kappa shape index (κ1) is 11.7. The number of carbonyl (C=O) groups excluding carboxylic acids is 1. The molecule has 0 aliphatic heterocycles. The number of nitrogens with zero attached hydrogens (tertiary/aromatic N) is 2. The second-order valence-electron chi connectivity index (χ2n) is 3.36. The fourth-order valence-electron chi connectivity index (χ4n) is 1.30. The van der Waals surface area contributed by atoms with Gasteiger partial charge < -0.3 is 10.6 Å². The molecule has 17 heavy (non-hydrogen) atoms. The summed E-state index contributed by atoms with van der Waals surface area (Å²) >= 11 is 1.40. The number of carbonyl (C=O) groups is 1. The van der Waals surface area contributed by atoms with Crippen LogP contribution in [-0.2, 0) is 4.79 Å². The zero-order valence-electron chi connectivity index (χ0n) is 9.30. The molecule has 6 heteroatoms. The van der Waals surface area contributed by atoms with E-state index in [1.54, 1.807) is 19.4 Å². The number of aromatic nitrogens is 2. The first-order chi connectivity index (χ1) is 8.29. The molecule has 0 unspecified atom stereocenters. The van der Waals surface area contributed by atoms with Gasteiger partial charge in [-0.2, -0.15) is 0 Å². The van der Waals surface area contributed by atoms with Crippen molar-refractivity contribution in [3.63, 3.8) is 0 Å². The summed E-state index contributed by atoms with van der Waals surface area (Å²) in [5, 5.41) is 8.00. The van der Waals surface area contributed by atoms with E-state index in [0.29, 0.717) is 5.13 Å². The topological polar surface area (TPSA) is 66.9 Å². The molecule has 0 aliphatic carbocycles. The third-order valence-electron chi connectivity index (χ3n) is 2.05. The van der Waals surface area contributed by atoms with Gasteiger partial charge in [-0.05, 0) is 19.2 Å². The number of rotatable bonds is 4. The maximum Gasteiger partial charge on any atom is 0.240 e. The first-order valence-corrected chi connectivity index (χ1v) is 5.98. The summed E-state index contributed by atoms with van der Waals surface area (Å²) in [4.78, 5) is 19.7. The van der Waals surface area contributed by atoms with Gasteiger partial charge in [0.25, 0.3) is 0 Å². The van der Waals surface area contributed by atoms with Crippen molar-refractivity contribution >= 4 is 22.4 Å². The van der Waals surface area contributed by atoms with Crippen LogP contribution in [0.3, 0.4) is 0 Å². The molecule has 2 rings (SSSR count). The van der Waals surface area contributed by atoms with Crippen LogP contribution in [0.1, 0.15) is 0 Å². The van der Waals surface area contributed by atoms with E-state index in [1.165, 1.54) is 11.3 Å². The van der Waals surface area contributed by atoms with Crippen LogP contribution in [0.25, 0.3) is 11.3 Å². The summed E-state index contributed by atoms with van der Waals surface area (Å²) < 4.78 is 0. The quantitative estimate of drug-likeness (QED) is 0.857. The predicted octanol–water partition coefficient (Wildman–Crippen LogP) is 1.36. The highest BCUT2D eigenvalue weighted by molar-refractivity contribution is 7.14. The molecule has 0 bridgehead atoms. The van der Waals surface area contributed by atoms with E-state index in [2.05, 4.69) is 20.6 Å². The Morgan fingerprint density at radius 1 is 1.53 bits per heavy atom. The largest absolute Gasteiger partial charge is 0.311 e. The van der Waals surface area contributed by atoms with Crippen LogP contribution in [0.5, 0.6) is 0 Å². The Labute approximate surface area is 103 Å². The lowest BCUT2D eigenvalue weighted by Crippen LogP contribution is -2.24. The lowest BCUT2D eigenvalue weighted by molar-refractivity contribution is -0.115. The molecule has 0 radical (unpaired) electrons. The molecule has 0 saturated heterocycles. The average molecular weight is 248 g/mol. The standard InChI is InChI=1S/C11H12N4OS/c1-12-6-10(16)15-11-14-9(7-17-11)8-3-2-4-13-5-8/h2-5,7,12H,6H2,1H3,(H,14,15,16). The van der Waals surface area contributed by atoms with Crippen LogP contribution in [0.4, 0.5) is 5.13 Å². The minimum Gasteiger partial charge on any atom is -0.311 e. The van der Waals surface area contributed by atoms with Gasteiger partial charge in [0.15, 0.2) is 5.13 Å². The van der Waals surface area contributed by atoms with Crippen molar-refractivity contribution in [2.75, 3.05) is 18.9 Å². The summed E-state index contributed by atoms with van der Waals surface area (Å²) in [5.41, 5.74) is 1.76. The van der Waals surface area contributed by atoms with Gasteiger partial charge in [-0.1, -0.05) is 0 Å². The fraction of sp³-hybridized carbons (Fsp3) is 0.182. The van der Waals surface area contributed by atoms with Crippen LogP contribution < -0.4 is 10.6 Å². The number of likely N-dealkylation sites (N-methyl/N-ethyl adjacent to an activating group) is 1. The van der Waals surface area contributed by atoms with Crippen LogP contribution in [0, 0.1) is 0 Å². The molecule has 0 spiro atoms. The van der Waals surface area contributed by atoms with Crippen molar-refractivity contribution in [3.05, 3.63) is 29.9 Å². The molecule has 2 heterocycles. The minimum atomic E-state index is -0.0976. The van der Waals surface area contributed by atoms with Gasteiger partial charge >= 0.3 is 0 Å². The summed E-state index contributed by atoms with van der Waals surface area (Å²) in [7, 11) is 1.72. The van der Waals surface area contributed by atoms with E-state index in [9.17, 15) is 4.79 Å². The molecule has 1 amide bonds. The zero-order valence-corrected chi connectivity index (χ0v) is 10.1. The highest BCUT2D eigenvalue weighted by Gasteiger charge is 2.06. The van der Waals surface area contributed by atoms with E-state index in [1.807, 2.05) is 17.5 Å². The maximum atomic E-state index is 11.3. The Hall–Kier alpha value is -1.79. The zero-order chi connectivity index (χ0) is 12.1. The highest BCUT2D eigenvalue weighted by Crippen LogP contribution is 2.23. The number of pyridine rings is 1. The van der Waals surface area contributed by atoms with Crippen LogP contribution in [0.2, 0.25) is 0 Å². The van der Waals surface area contributed by atoms with Gasteiger partial charge in [0.1, 0.15) is 0 Å². The van der Waals surface area contributed by atoms with Crippen molar-refractivity contribution in [2.45, 2.75) is 0 Å². The van der Waals surface area contributed by atoms with E-state index < -0.39 is 0 Å². The Balaban J connectivity index is 2.09. The van der Waals surface area contributed by atoms with Gasteiger partial charge in [0.2, 0.25) is 5.91 Å². The lowest BCUT2D eigenvalue weighted by atomic mass is 10.2. The van der Waals surface area contributed by atoms with Gasteiger partial charge in [-0.3, -0.25) is 9.78 Å². The Kier molecular flexibility index (Phi) is 3.79. The fourth-order valence-corrected chi connectivity index (χ4v) is 2.04. The number of hydrogen-bond acceptors (Lipinski definition) is 5. The molecule has 2 N–H and O–H groups in total. The van der Waals surface area contributed by atoms with Gasteiger partial charge in [0.05, 0.1) is 12.2 Å². The second kappa shape index (κ2) is 5.51. The number of nitrogens with one attached hydrogen (secondary N) is 2. The van der Waals surface area contributed by atoms with Gasteiger partial charge in [0, 0.05) is 23.3 Å². The van der Waals surface area contributed by atoms with E-state index in [-0.39, 0.29) is 12.5 Å². The molecule has 0 fully saturated rings. The Morgan fingerprint density at radius 3 is 3.12 bits per heavy atom. The van der Waals surface area contributed by atoms with Crippen LogP contribution >= 0.6 is 11.3 Å². The van der Waals surface area contributed by atoms with Crippen molar-refractivity contribution in [1.82, 2.24) is 15.3 Å². The first-order valence-electron chi connectivity index (χ1n) is 5.10. The average Bonchev–Trinajstić information content (AvgIpc) is 2.79. The molecule has 0 aromatic carbocycles. The third-order valence-corrected chi connectivity index (χ3v) is 2.80. The predicted molar refractivity (Wildman–Crippen MR) is 67.9 cm³/mol. The molecular formula is C11H12N4OS. The summed E-state index contributed by atoms with van der Waals surface area (Å²) in [6.45, 7) is 0.280. The molecular weight excluding hydrogens is 236 g/mol. The van der Waals surface area contributed by atoms with E-state index in [4.69, 9.17) is 0 Å². The van der Waals surface area contributed by atoms with Crippen molar-refractivity contribution < 1.29 is 4.79 Å². The normalized spacial score (nSPS) is 10.2. The third kappa shape index (κ3) is 3.08. The Bertz CT molecular complexity index is 497. The number of amides is 1. The lowest BCUT2D eigenvalue weighted by Gasteiger charge is -1.99. The van der Waals surface area contributed by atoms with Crippen LogP contribution in [0.15, 0.2) is 29.9 Å².